The Hall–Kier alpha value is -3.35. The Morgan fingerprint density at radius 3 is 2.19 bits per heavy atom. The molecule has 1 saturated carbocycles. The van der Waals surface area contributed by atoms with Crippen LogP contribution in [-0.4, -0.2) is 41.8 Å². The summed E-state index contributed by atoms with van der Waals surface area (Å²) in [6.07, 6.45) is 1.53. The Balaban J connectivity index is 1.23. The minimum Gasteiger partial charge on any atom is -0.480 e. The molecule has 2 amide bonds. The first-order valence-corrected chi connectivity index (χ1v) is 11.1. The van der Waals surface area contributed by atoms with Crippen LogP contribution in [0.5, 0.6) is 0 Å². The Morgan fingerprint density at radius 1 is 1.03 bits per heavy atom. The van der Waals surface area contributed by atoms with E-state index in [1.807, 2.05) is 24.3 Å². The quantitative estimate of drug-likeness (QED) is 0.586. The largest absolute Gasteiger partial charge is 0.480 e. The van der Waals surface area contributed by atoms with Crippen LogP contribution >= 0.6 is 0 Å². The second-order valence-corrected chi connectivity index (χ2v) is 8.57. The number of carbonyl (C=O) groups excluding carboxylic acids is 2. The van der Waals surface area contributed by atoms with Gasteiger partial charge in [-0.05, 0) is 47.4 Å². The summed E-state index contributed by atoms with van der Waals surface area (Å²) < 4.78 is 5.56. The van der Waals surface area contributed by atoms with E-state index < -0.39 is 18.1 Å². The summed E-state index contributed by atoms with van der Waals surface area (Å²) in [5, 5.41) is 14.4. The molecule has 0 bridgehead atoms. The third kappa shape index (κ3) is 4.61. The average Bonchev–Trinajstić information content (AvgIpc) is 3.08. The van der Waals surface area contributed by atoms with E-state index in [-0.39, 0.29) is 36.8 Å². The monoisotopic (exact) mass is 436 g/mol. The van der Waals surface area contributed by atoms with E-state index in [2.05, 4.69) is 34.9 Å². The van der Waals surface area contributed by atoms with Crippen molar-refractivity contribution in [1.29, 1.82) is 0 Å². The number of ether oxygens (including phenoxy) is 1. The highest BCUT2D eigenvalue weighted by atomic mass is 16.5. The van der Waals surface area contributed by atoms with Crippen LogP contribution < -0.4 is 10.6 Å². The maximum Gasteiger partial charge on any atom is 0.407 e. The lowest BCUT2D eigenvalue weighted by molar-refractivity contribution is -0.142. The molecule has 7 nitrogen and oxygen atoms in total. The van der Waals surface area contributed by atoms with Crippen molar-refractivity contribution in [1.82, 2.24) is 10.6 Å². The SMILES string of the molecule is CC[C@H](NC(=O)CC1CC(NC(=O)OCC2c3ccccc3-c3ccccc32)C1)C(=O)O. The maximum atomic E-state index is 12.3. The molecule has 7 heteroatoms. The zero-order valence-corrected chi connectivity index (χ0v) is 18.0. The molecule has 2 aliphatic rings. The van der Waals surface area contributed by atoms with E-state index in [0.717, 1.165) is 0 Å². The van der Waals surface area contributed by atoms with Crippen LogP contribution in [0.2, 0.25) is 0 Å². The van der Waals surface area contributed by atoms with Crippen molar-refractivity contribution >= 4 is 18.0 Å². The number of benzene rings is 2. The van der Waals surface area contributed by atoms with Gasteiger partial charge in [-0.1, -0.05) is 55.5 Å². The summed E-state index contributed by atoms with van der Waals surface area (Å²) in [6.45, 7) is 1.99. The zero-order chi connectivity index (χ0) is 22.7. The molecule has 0 spiro atoms. The minimum atomic E-state index is -1.02. The van der Waals surface area contributed by atoms with E-state index in [1.165, 1.54) is 22.3 Å². The molecule has 1 atom stereocenters. The van der Waals surface area contributed by atoms with Gasteiger partial charge in [-0.2, -0.15) is 0 Å². The molecule has 2 aliphatic carbocycles. The fraction of sp³-hybridized carbons (Fsp3) is 0.400. The van der Waals surface area contributed by atoms with E-state index >= 15 is 0 Å². The number of fused-ring (bicyclic) bond motifs is 3. The lowest BCUT2D eigenvalue weighted by atomic mass is 9.78. The van der Waals surface area contributed by atoms with Gasteiger partial charge >= 0.3 is 12.1 Å². The number of aliphatic carboxylic acids is 1. The van der Waals surface area contributed by atoms with Crippen LogP contribution in [0, 0.1) is 5.92 Å². The van der Waals surface area contributed by atoms with Crippen LogP contribution in [0.4, 0.5) is 4.79 Å². The fourth-order valence-corrected chi connectivity index (χ4v) is 4.68. The number of carbonyl (C=O) groups is 3. The summed E-state index contributed by atoms with van der Waals surface area (Å²) in [5.74, 6) is -1.12. The predicted molar refractivity (Wildman–Crippen MR) is 119 cm³/mol. The molecule has 2 aromatic carbocycles. The summed E-state index contributed by atoms with van der Waals surface area (Å²) in [4.78, 5) is 35.4. The van der Waals surface area contributed by atoms with Gasteiger partial charge in [0.15, 0.2) is 0 Å². The molecule has 0 aliphatic heterocycles. The number of amides is 2. The summed E-state index contributed by atoms with van der Waals surface area (Å²) >= 11 is 0. The van der Waals surface area contributed by atoms with Crippen LogP contribution in [-0.2, 0) is 14.3 Å². The lowest BCUT2D eigenvalue weighted by Crippen LogP contribution is -2.47. The highest BCUT2D eigenvalue weighted by Crippen LogP contribution is 2.44. The third-order valence-corrected chi connectivity index (χ3v) is 6.42. The van der Waals surface area contributed by atoms with E-state index in [4.69, 9.17) is 9.84 Å². The normalized spacial score (nSPS) is 19.8. The smallest absolute Gasteiger partial charge is 0.407 e. The molecule has 0 radical (unpaired) electrons. The molecular formula is C25H28N2O5. The molecule has 2 aromatic rings. The van der Waals surface area contributed by atoms with Crippen LogP contribution in [0.1, 0.15) is 49.7 Å². The van der Waals surface area contributed by atoms with Crippen molar-refractivity contribution in [2.24, 2.45) is 5.92 Å². The summed E-state index contributed by atoms with van der Waals surface area (Å²) in [7, 11) is 0. The Morgan fingerprint density at radius 2 is 1.62 bits per heavy atom. The number of hydrogen-bond acceptors (Lipinski definition) is 4. The Bertz CT molecular complexity index is 969. The molecule has 32 heavy (non-hydrogen) atoms. The second kappa shape index (κ2) is 9.42. The maximum absolute atomic E-state index is 12.3. The zero-order valence-electron chi connectivity index (χ0n) is 18.0. The molecule has 3 N–H and O–H groups in total. The topological polar surface area (TPSA) is 105 Å². The van der Waals surface area contributed by atoms with Crippen molar-refractivity contribution in [3.05, 3.63) is 59.7 Å². The van der Waals surface area contributed by atoms with E-state index in [0.29, 0.717) is 19.3 Å². The fourth-order valence-electron chi connectivity index (χ4n) is 4.68. The van der Waals surface area contributed by atoms with Gasteiger partial charge in [0.2, 0.25) is 5.91 Å². The summed E-state index contributed by atoms with van der Waals surface area (Å²) in [6, 6.07) is 15.5. The first-order chi connectivity index (χ1) is 15.5. The number of nitrogens with one attached hydrogen (secondary N) is 2. The molecule has 0 heterocycles. The third-order valence-electron chi connectivity index (χ3n) is 6.42. The van der Waals surface area contributed by atoms with Gasteiger partial charge in [0.1, 0.15) is 12.6 Å². The van der Waals surface area contributed by atoms with Crippen LogP contribution in [0.15, 0.2) is 48.5 Å². The van der Waals surface area contributed by atoms with Gasteiger partial charge in [0, 0.05) is 18.4 Å². The summed E-state index contributed by atoms with van der Waals surface area (Å²) in [5.41, 5.74) is 4.71. The first kappa shape index (κ1) is 21.9. The molecule has 0 unspecified atom stereocenters. The van der Waals surface area contributed by atoms with Crippen molar-refractivity contribution in [2.45, 2.75) is 50.6 Å². The molecule has 0 saturated heterocycles. The Labute approximate surface area is 187 Å². The van der Waals surface area contributed by atoms with Gasteiger partial charge in [0.05, 0.1) is 0 Å². The van der Waals surface area contributed by atoms with Gasteiger partial charge in [0.25, 0.3) is 0 Å². The van der Waals surface area contributed by atoms with Crippen molar-refractivity contribution in [2.75, 3.05) is 6.61 Å². The standard InChI is InChI=1S/C25H28N2O5/c1-2-22(24(29)30)27-23(28)13-15-11-16(12-15)26-25(31)32-14-21-19-9-5-3-7-17(19)18-8-4-6-10-20(18)21/h3-10,15-16,21-22H,2,11-14H2,1H3,(H,26,31)(H,27,28)(H,29,30)/t15?,16?,22-/m0/s1. The Kier molecular flexibility index (Phi) is 6.44. The molecule has 168 valence electrons. The molecule has 4 rings (SSSR count). The number of carboxylic acids is 1. The van der Waals surface area contributed by atoms with Gasteiger partial charge in [-0.3, -0.25) is 4.79 Å². The second-order valence-electron chi connectivity index (χ2n) is 8.57. The van der Waals surface area contributed by atoms with E-state index in [9.17, 15) is 14.4 Å². The van der Waals surface area contributed by atoms with Gasteiger partial charge in [-0.25, -0.2) is 9.59 Å². The van der Waals surface area contributed by atoms with Gasteiger partial charge < -0.3 is 20.5 Å². The minimum absolute atomic E-state index is 0.0201. The highest BCUT2D eigenvalue weighted by molar-refractivity contribution is 5.83. The van der Waals surface area contributed by atoms with Crippen molar-refractivity contribution in [3.8, 4) is 11.1 Å². The number of carboxylic acid groups (broad SMARTS) is 1. The molecular weight excluding hydrogens is 408 g/mol. The number of rotatable bonds is 8. The lowest BCUT2D eigenvalue weighted by Gasteiger charge is -2.35. The predicted octanol–water partition coefficient (Wildman–Crippen LogP) is 3.67. The number of hydrogen-bond donors (Lipinski definition) is 3. The number of alkyl carbamates (subject to hydrolysis) is 1. The van der Waals surface area contributed by atoms with Crippen molar-refractivity contribution in [3.63, 3.8) is 0 Å². The van der Waals surface area contributed by atoms with Gasteiger partial charge in [-0.15, -0.1) is 0 Å². The van der Waals surface area contributed by atoms with E-state index in [1.54, 1.807) is 6.92 Å². The average molecular weight is 437 g/mol. The van der Waals surface area contributed by atoms with Crippen LogP contribution in [0.25, 0.3) is 11.1 Å². The van der Waals surface area contributed by atoms with Crippen LogP contribution in [0.3, 0.4) is 0 Å². The molecule has 1 fully saturated rings. The highest BCUT2D eigenvalue weighted by Gasteiger charge is 2.34. The molecule has 0 aromatic heterocycles. The van der Waals surface area contributed by atoms with Crippen molar-refractivity contribution < 1.29 is 24.2 Å². The first-order valence-electron chi connectivity index (χ1n) is 11.1.